The minimum Gasteiger partial charge on any atom is -0.507 e. The van der Waals surface area contributed by atoms with Gasteiger partial charge < -0.3 is 47.9 Å². The standard InChI is InChI=1S/C67H52F4O4.C36H39BO4.C17H14Br2F4O2/c1-40-25-54(52-32-48(44-17-9-5-10-18-44)30-49(33-52)45-19-11-6-12-20-45)66(72)58(27-40)56-36-60(68)62(70)38-64(56)74-42(3)29-43(4)75-65-39-63(71)61(69)37-57(65)59-28-41(2)26-55(67(59)73)53-34-50(46-21-13-7-14-22-46)31-51(35-53)47-23-15-8-16-24-47;1-25-20-31(30-23-28(26-14-8-6-9-15-26)22-29(24-30)27-16-10-7-11-17-27)34(39-33-18-12-13-19-38-33)32(21-25)37-40-35(2,3)36(4,5)41-37;1-8(24-16-6-14(22)12(20)4-10(16)18)3-9(2)25-17-7-15(23)13(21)5-11(17)19/h5-28,30-39,42-43,72-73H,29H2,1-4H3;6-11,14-17,20-24,33H,12-13,18-19H2,1-5H3;4-9H,3H2,1-2H3/t42-,43+;;8-,9+. The van der Waals surface area contributed by atoms with E-state index in [1.807, 2.05) is 172 Å². The van der Waals surface area contributed by atoms with Gasteiger partial charge in [0, 0.05) is 87.9 Å². The highest BCUT2D eigenvalue weighted by Gasteiger charge is 2.53. The number of benzene rings is 16. The topological polar surface area (TPSA) is 114 Å². The van der Waals surface area contributed by atoms with Gasteiger partial charge in [0.15, 0.2) is 52.8 Å². The molecule has 0 amide bonds. The number of aryl methyl sites for hydroxylation is 3. The maximum atomic E-state index is 15.4. The lowest BCUT2D eigenvalue weighted by Crippen LogP contribution is -2.41. The van der Waals surface area contributed by atoms with Crippen molar-refractivity contribution in [1.29, 1.82) is 0 Å². The smallest absolute Gasteiger partial charge is 0.498 e. The van der Waals surface area contributed by atoms with Crippen LogP contribution in [0.25, 0.3) is 122 Å². The zero-order chi connectivity index (χ0) is 99.7. The van der Waals surface area contributed by atoms with Crippen molar-refractivity contribution in [2.75, 3.05) is 6.61 Å². The van der Waals surface area contributed by atoms with Crippen molar-refractivity contribution in [2.24, 2.45) is 0 Å². The average molecular weight is 2030 g/mol. The minimum atomic E-state index is -1.15. The van der Waals surface area contributed by atoms with E-state index in [4.69, 9.17) is 37.7 Å². The molecule has 5 atom stereocenters. The van der Waals surface area contributed by atoms with Gasteiger partial charge in [0.1, 0.15) is 40.2 Å². The summed E-state index contributed by atoms with van der Waals surface area (Å²) in [7, 11) is -0.553. The second-order valence-corrected chi connectivity index (χ2v) is 38.6. The van der Waals surface area contributed by atoms with E-state index < -0.39 is 89.3 Å². The number of hydrogen-bond acceptors (Lipinski definition) is 10. The summed E-state index contributed by atoms with van der Waals surface area (Å²) < 4.78 is 165. The highest BCUT2D eigenvalue weighted by atomic mass is 79.9. The summed E-state index contributed by atoms with van der Waals surface area (Å²) in [6.45, 7) is 21.8. The van der Waals surface area contributed by atoms with Gasteiger partial charge in [-0.3, -0.25) is 0 Å². The second-order valence-electron chi connectivity index (χ2n) is 36.8. The quantitative estimate of drug-likeness (QED) is 0.0309. The summed E-state index contributed by atoms with van der Waals surface area (Å²) in [6, 6.07) is 99.0. The van der Waals surface area contributed by atoms with Crippen molar-refractivity contribution < 1.29 is 83.1 Å². The zero-order valence-corrected chi connectivity index (χ0v) is 82.9. The fourth-order valence-electron chi connectivity index (χ4n) is 17.6. The molecule has 0 bridgehead atoms. The molecule has 10 nitrogen and oxygen atoms in total. The van der Waals surface area contributed by atoms with Crippen molar-refractivity contribution in [2.45, 2.75) is 150 Å². The molecule has 0 saturated carbocycles. The van der Waals surface area contributed by atoms with Crippen LogP contribution >= 0.6 is 31.9 Å². The molecule has 2 saturated heterocycles. The average Bonchev–Trinajstić information content (AvgIpc) is 1.61. The second kappa shape index (κ2) is 44.1. The van der Waals surface area contributed by atoms with Crippen molar-refractivity contribution >= 4 is 44.4 Å². The van der Waals surface area contributed by atoms with Crippen molar-refractivity contribution in [1.82, 2.24) is 0 Å². The van der Waals surface area contributed by atoms with E-state index in [0.29, 0.717) is 35.3 Å². The molecule has 21 heteroatoms. The molecule has 16 aromatic carbocycles. The lowest BCUT2D eigenvalue weighted by atomic mass is 9.75. The third-order valence-corrected chi connectivity index (χ3v) is 26.5. The number of aromatic hydroxyl groups is 2. The molecule has 1 unspecified atom stereocenters. The third-order valence-electron chi connectivity index (χ3n) is 25.3. The molecule has 18 rings (SSSR count). The molecule has 2 aliphatic heterocycles. The molecule has 2 fully saturated rings. The zero-order valence-electron chi connectivity index (χ0n) is 79.7. The number of phenols is 2. The summed E-state index contributed by atoms with van der Waals surface area (Å²) in [5.41, 5.74) is 20.1. The number of hydrogen-bond donors (Lipinski definition) is 2. The summed E-state index contributed by atoms with van der Waals surface area (Å²) in [4.78, 5) is 0. The highest BCUT2D eigenvalue weighted by Crippen LogP contribution is 2.50. The van der Waals surface area contributed by atoms with E-state index in [1.165, 1.54) is 11.1 Å². The Bertz CT molecular complexity index is 6670. The first-order valence-corrected chi connectivity index (χ1v) is 48.4. The predicted octanol–water partition coefficient (Wildman–Crippen LogP) is 32.8. The summed E-state index contributed by atoms with van der Waals surface area (Å²) in [6.07, 6.45) is 0.938. The van der Waals surface area contributed by atoms with Crippen LogP contribution in [0.15, 0.2) is 330 Å². The molecule has 2 heterocycles. The maximum Gasteiger partial charge on any atom is 0.498 e. The predicted molar refractivity (Wildman–Crippen MR) is 554 cm³/mol. The Morgan fingerprint density at radius 3 is 0.887 bits per heavy atom. The van der Waals surface area contributed by atoms with E-state index in [-0.39, 0.29) is 78.4 Å². The molecule has 0 spiro atoms. The summed E-state index contributed by atoms with van der Waals surface area (Å²) in [5, 5.41) is 24.4. The van der Waals surface area contributed by atoms with Gasteiger partial charge in [-0.15, -0.1) is 0 Å². The largest absolute Gasteiger partial charge is 0.507 e. The molecular formula is C120H105BBr2F8O10. The van der Waals surface area contributed by atoms with Crippen LogP contribution in [0.5, 0.6) is 40.2 Å². The Hall–Kier alpha value is -13.5. The van der Waals surface area contributed by atoms with Crippen LogP contribution in [0.3, 0.4) is 0 Å². The Balaban J connectivity index is 0.000000180. The van der Waals surface area contributed by atoms with Crippen LogP contribution < -0.4 is 29.1 Å². The van der Waals surface area contributed by atoms with Crippen molar-refractivity contribution in [3.8, 4) is 163 Å². The number of rotatable bonds is 26. The highest BCUT2D eigenvalue weighted by molar-refractivity contribution is 9.11. The number of phenolic OH excluding ortho intramolecular Hbond substituents is 2. The Kier molecular flexibility index (Phi) is 31.4. The number of ether oxygens (including phenoxy) is 6. The third kappa shape index (κ3) is 24.0. The van der Waals surface area contributed by atoms with Crippen LogP contribution in [-0.4, -0.2) is 65.8 Å². The summed E-state index contributed by atoms with van der Waals surface area (Å²) in [5.74, 6) is -7.81. The van der Waals surface area contributed by atoms with E-state index in [0.717, 1.165) is 162 Å². The van der Waals surface area contributed by atoms with E-state index >= 15 is 17.6 Å². The van der Waals surface area contributed by atoms with E-state index in [1.54, 1.807) is 39.8 Å². The van der Waals surface area contributed by atoms with Gasteiger partial charge in [0.2, 0.25) is 0 Å². The first kappa shape index (κ1) is 100. The minimum absolute atomic E-state index is 0.0269. The fraction of sp³-hybridized carbons (Fsp3) is 0.200. The van der Waals surface area contributed by atoms with Gasteiger partial charge in [-0.25, -0.2) is 35.1 Å². The van der Waals surface area contributed by atoms with Gasteiger partial charge in [0.25, 0.3) is 0 Å². The molecule has 0 radical (unpaired) electrons. The Labute approximate surface area is 834 Å². The van der Waals surface area contributed by atoms with Crippen LogP contribution in [0.1, 0.15) is 104 Å². The Morgan fingerprint density at radius 1 is 0.312 bits per heavy atom. The summed E-state index contributed by atoms with van der Waals surface area (Å²) >= 11 is 6.22. The van der Waals surface area contributed by atoms with E-state index in [9.17, 15) is 27.8 Å². The monoisotopic (exact) mass is 2030 g/mol. The van der Waals surface area contributed by atoms with Crippen molar-refractivity contribution in [3.63, 3.8) is 0 Å². The molecule has 718 valence electrons. The van der Waals surface area contributed by atoms with Gasteiger partial charge in [-0.2, -0.15) is 0 Å². The van der Waals surface area contributed by atoms with E-state index in [2.05, 4.69) is 170 Å². The number of halogens is 10. The molecule has 0 aliphatic carbocycles. The Morgan fingerprint density at radius 2 is 0.574 bits per heavy atom. The lowest BCUT2D eigenvalue weighted by molar-refractivity contribution is -0.105. The van der Waals surface area contributed by atoms with Gasteiger partial charge in [0.05, 0.1) is 51.2 Å². The SMILES string of the molecule is C[C@H](C[C@H](C)Oc1cc(F)c(F)cc1Br)Oc1cc(F)c(F)cc1Br.Cc1cc(-c2cc(-c3ccccc3)cc(-c3ccccc3)c2)c(O)c(-c2cc(F)c(F)cc2O[C@H](C)C[C@H](C)Oc2cc(F)c(F)cc2-c2cc(C)cc(-c3cc(-c4ccccc4)cc(-c4ccccc4)c3)c2O)c1.Cc1cc(B2OC(C)(C)C(C)(C)O2)c(OC2CCCCO2)c(-c2cc(-c3ccccc3)cc(-c3ccccc3)c2)c1. The van der Waals surface area contributed by atoms with Crippen LogP contribution in [0, 0.1) is 67.3 Å². The van der Waals surface area contributed by atoms with Crippen LogP contribution in [0.4, 0.5) is 35.1 Å². The van der Waals surface area contributed by atoms with Crippen LogP contribution in [-0.2, 0) is 14.0 Å². The molecule has 2 aliphatic rings. The van der Waals surface area contributed by atoms with Crippen molar-refractivity contribution in [3.05, 3.63) is 394 Å². The first-order chi connectivity index (χ1) is 67.6. The van der Waals surface area contributed by atoms with Gasteiger partial charge in [-0.1, -0.05) is 194 Å². The lowest BCUT2D eigenvalue weighted by Gasteiger charge is -2.32. The normalized spacial score (nSPS) is 14.5. The molecule has 141 heavy (non-hydrogen) atoms. The van der Waals surface area contributed by atoms with Crippen LogP contribution in [0.2, 0.25) is 0 Å². The first-order valence-electron chi connectivity index (χ1n) is 46.8. The molecular weight excluding hydrogens is 1920 g/mol. The molecule has 0 aromatic heterocycles. The maximum absolute atomic E-state index is 15.4. The molecule has 2 N–H and O–H groups in total. The molecule has 16 aromatic rings. The fourth-order valence-corrected chi connectivity index (χ4v) is 18.4. The van der Waals surface area contributed by atoms with Gasteiger partial charge in [-0.05, 0) is 325 Å². The van der Waals surface area contributed by atoms with Gasteiger partial charge >= 0.3 is 7.12 Å².